The fraction of sp³-hybridized carbons (Fsp3) is 0.250. The zero-order chi connectivity index (χ0) is 20.8. The molecule has 6 nitrogen and oxygen atoms in total. The Morgan fingerprint density at radius 2 is 1.90 bits per heavy atom. The lowest BCUT2D eigenvalue weighted by atomic mass is 9.91. The summed E-state index contributed by atoms with van der Waals surface area (Å²) >= 11 is 0. The van der Waals surface area contributed by atoms with E-state index in [2.05, 4.69) is 10.1 Å². The number of ketones is 2. The van der Waals surface area contributed by atoms with Crippen molar-refractivity contribution in [2.75, 3.05) is 5.32 Å². The first-order chi connectivity index (χ1) is 13.7. The van der Waals surface area contributed by atoms with Gasteiger partial charge in [-0.1, -0.05) is 30.3 Å². The molecule has 150 valence electrons. The largest absolute Gasteiger partial charge is 0.573 e. The van der Waals surface area contributed by atoms with Crippen molar-refractivity contribution >= 4 is 23.2 Å². The first kappa shape index (κ1) is 19.1. The standard InChI is InChI=1S/C20H14F3NO5/c21-20(22,23)28-12-6-7-14-13(8-12)19(18(27)24-14)10-16(26)17(29-19)9-15(25)11-4-2-1-3-5-11/h1-8,17H,9-10H2,(H,24,27)/t17-,19+/m0/s1. The molecule has 0 radical (unpaired) electrons. The molecule has 1 N–H and O–H groups in total. The van der Waals surface area contributed by atoms with E-state index in [1.165, 1.54) is 6.07 Å². The van der Waals surface area contributed by atoms with Crippen LogP contribution in [0, 0.1) is 0 Å². The van der Waals surface area contributed by atoms with E-state index in [4.69, 9.17) is 4.74 Å². The van der Waals surface area contributed by atoms with E-state index in [1.54, 1.807) is 30.3 Å². The Balaban J connectivity index is 1.61. The first-order valence-electron chi connectivity index (χ1n) is 8.68. The zero-order valence-electron chi connectivity index (χ0n) is 14.8. The molecule has 1 fully saturated rings. The fourth-order valence-electron chi connectivity index (χ4n) is 3.58. The molecule has 2 aliphatic heterocycles. The van der Waals surface area contributed by atoms with Crippen LogP contribution in [0.2, 0.25) is 0 Å². The third-order valence-electron chi connectivity index (χ3n) is 4.87. The van der Waals surface area contributed by atoms with E-state index in [9.17, 15) is 27.6 Å². The summed E-state index contributed by atoms with van der Waals surface area (Å²) in [5.41, 5.74) is -1.08. The number of carbonyl (C=O) groups excluding carboxylic acids is 3. The van der Waals surface area contributed by atoms with Gasteiger partial charge in [-0.3, -0.25) is 14.4 Å². The zero-order valence-corrected chi connectivity index (χ0v) is 14.8. The van der Waals surface area contributed by atoms with Gasteiger partial charge in [0.2, 0.25) is 0 Å². The van der Waals surface area contributed by atoms with E-state index in [0.29, 0.717) is 5.56 Å². The van der Waals surface area contributed by atoms with Gasteiger partial charge >= 0.3 is 6.36 Å². The van der Waals surface area contributed by atoms with Crippen molar-refractivity contribution in [1.82, 2.24) is 0 Å². The van der Waals surface area contributed by atoms with Crippen LogP contribution in [0.3, 0.4) is 0 Å². The predicted octanol–water partition coefficient (Wildman–Crippen LogP) is 3.36. The number of anilines is 1. The number of alkyl halides is 3. The number of rotatable bonds is 4. The third kappa shape index (κ3) is 3.49. The molecule has 0 bridgehead atoms. The van der Waals surface area contributed by atoms with Crippen molar-refractivity contribution in [2.24, 2.45) is 0 Å². The molecular formula is C20H14F3NO5. The Bertz CT molecular complexity index is 1000. The average molecular weight is 405 g/mol. The summed E-state index contributed by atoms with van der Waals surface area (Å²) < 4.78 is 47.2. The molecule has 2 aromatic carbocycles. The third-order valence-corrected chi connectivity index (χ3v) is 4.87. The number of amides is 1. The highest BCUT2D eigenvalue weighted by molar-refractivity contribution is 6.10. The van der Waals surface area contributed by atoms with Crippen molar-refractivity contribution < 1.29 is 37.0 Å². The monoisotopic (exact) mass is 405 g/mol. The van der Waals surface area contributed by atoms with Crippen molar-refractivity contribution in [3.05, 3.63) is 59.7 Å². The summed E-state index contributed by atoms with van der Waals surface area (Å²) in [5.74, 6) is -2.01. The number of hydrogen-bond donors (Lipinski definition) is 1. The number of hydrogen-bond acceptors (Lipinski definition) is 5. The molecule has 1 saturated heterocycles. The lowest BCUT2D eigenvalue weighted by Gasteiger charge is -2.22. The van der Waals surface area contributed by atoms with Crippen molar-refractivity contribution in [2.45, 2.75) is 30.9 Å². The number of fused-ring (bicyclic) bond motifs is 2. The number of nitrogens with one attached hydrogen (secondary N) is 1. The SMILES string of the molecule is O=C(C[C@@H]1O[C@@]2(CC1=O)C(=O)Nc1ccc(OC(F)(F)F)cc12)c1ccccc1. The Morgan fingerprint density at radius 1 is 1.17 bits per heavy atom. The second kappa shape index (κ2) is 6.70. The van der Waals surface area contributed by atoms with E-state index < -0.39 is 35.5 Å². The highest BCUT2D eigenvalue weighted by Gasteiger charge is 2.57. The molecule has 2 aromatic rings. The Hall–Kier alpha value is -3.20. The number of halogens is 3. The minimum absolute atomic E-state index is 0.0762. The summed E-state index contributed by atoms with van der Waals surface area (Å²) in [7, 11) is 0. The quantitative estimate of drug-likeness (QED) is 0.789. The van der Waals surface area contributed by atoms with E-state index in [0.717, 1.165) is 12.1 Å². The smallest absolute Gasteiger partial charge is 0.406 e. The second-order valence-electron chi connectivity index (χ2n) is 6.78. The Kier molecular flexibility index (Phi) is 4.42. The molecule has 4 rings (SSSR count). The molecular weight excluding hydrogens is 391 g/mol. The molecule has 2 atom stereocenters. The van der Waals surface area contributed by atoms with Crippen LogP contribution < -0.4 is 10.1 Å². The lowest BCUT2D eigenvalue weighted by Crippen LogP contribution is -2.34. The molecule has 29 heavy (non-hydrogen) atoms. The van der Waals surface area contributed by atoms with Gasteiger partial charge in [0.15, 0.2) is 17.2 Å². The molecule has 1 amide bonds. The maximum Gasteiger partial charge on any atom is 0.573 e. The summed E-state index contributed by atoms with van der Waals surface area (Å²) in [4.78, 5) is 37.5. The molecule has 0 saturated carbocycles. The minimum atomic E-state index is -4.91. The van der Waals surface area contributed by atoms with Crippen molar-refractivity contribution in [3.63, 3.8) is 0 Å². The lowest BCUT2D eigenvalue weighted by molar-refractivity contribution is -0.274. The van der Waals surface area contributed by atoms with Gasteiger partial charge in [-0.25, -0.2) is 0 Å². The maximum absolute atomic E-state index is 12.6. The van der Waals surface area contributed by atoms with Crippen LogP contribution in [0.15, 0.2) is 48.5 Å². The van der Waals surface area contributed by atoms with E-state index in [-0.39, 0.29) is 29.9 Å². The highest BCUT2D eigenvalue weighted by atomic mass is 19.4. The van der Waals surface area contributed by atoms with E-state index in [1.807, 2.05) is 0 Å². The summed E-state index contributed by atoms with van der Waals surface area (Å²) in [6, 6.07) is 11.6. The van der Waals surface area contributed by atoms with E-state index >= 15 is 0 Å². The second-order valence-corrected chi connectivity index (χ2v) is 6.78. The van der Waals surface area contributed by atoms with Crippen molar-refractivity contribution in [1.29, 1.82) is 0 Å². The molecule has 0 unspecified atom stereocenters. The van der Waals surface area contributed by atoms with Gasteiger partial charge in [-0.15, -0.1) is 13.2 Å². The summed E-state index contributed by atoms with van der Waals surface area (Å²) in [6.45, 7) is 0. The normalized spacial score (nSPS) is 23.2. The molecule has 2 aliphatic rings. The van der Waals surface area contributed by atoms with Gasteiger partial charge in [0.1, 0.15) is 11.9 Å². The summed E-state index contributed by atoms with van der Waals surface area (Å²) in [5, 5.41) is 2.51. The minimum Gasteiger partial charge on any atom is -0.406 e. The number of carbonyl (C=O) groups is 3. The predicted molar refractivity (Wildman–Crippen MR) is 93.3 cm³/mol. The number of Topliss-reactive ketones (excluding diaryl/α,β-unsaturated/α-hetero) is 2. The van der Waals surface area contributed by atoms with Crippen LogP contribution in [0.5, 0.6) is 5.75 Å². The maximum atomic E-state index is 12.6. The molecule has 2 heterocycles. The van der Waals surface area contributed by atoms with Gasteiger partial charge in [0.05, 0.1) is 6.42 Å². The average Bonchev–Trinajstić information content (AvgIpc) is 3.12. The molecule has 9 heteroatoms. The van der Waals surface area contributed by atoms with Crippen LogP contribution in [0.25, 0.3) is 0 Å². The van der Waals surface area contributed by atoms with Crippen LogP contribution in [0.4, 0.5) is 18.9 Å². The number of ether oxygens (including phenoxy) is 2. The van der Waals surface area contributed by atoms with Gasteiger partial charge in [0, 0.05) is 23.2 Å². The molecule has 0 aliphatic carbocycles. The topological polar surface area (TPSA) is 81.7 Å². The van der Waals surface area contributed by atoms with Crippen molar-refractivity contribution in [3.8, 4) is 5.75 Å². The van der Waals surface area contributed by atoms with Crippen LogP contribution in [-0.2, 0) is 19.9 Å². The number of benzene rings is 2. The first-order valence-corrected chi connectivity index (χ1v) is 8.68. The highest BCUT2D eigenvalue weighted by Crippen LogP contribution is 2.48. The Labute approximate surface area is 162 Å². The molecule has 1 spiro atoms. The van der Waals surface area contributed by atoms with Gasteiger partial charge in [-0.05, 0) is 18.2 Å². The summed E-state index contributed by atoms with van der Waals surface area (Å²) in [6.07, 6.45) is -6.74. The van der Waals surface area contributed by atoms with Crippen LogP contribution in [-0.4, -0.2) is 29.9 Å². The fourth-order valence-corrected chi connectivity index (χ4v) is 3.58. The molecule has 0 aromatic heterocycles. The van der Waals surface area contributed by atoms with Gasteiger partial charge in [-0.2, -0.15) is 0 Å². The van der Waals surface area contributed by atoms with Gasteiger partial charge in [0.25, 0.3) is 5.91 Å². The van der Waals surface area contributed by atoms with Crippen LogP contribution >= 0.6 is 0 Å². The van der Waals surface area contributed by atoms with Crippen LogP contribution in [0.1, 0.15) is 28.8 Å². The van der Waals surface area contributed by atoms with Gasteiger partial charge < -0.3 is 14.8 Å². The Morgan fingerprint density at radius 3 is 2.59 bits per heavy atom.